The van der Waals surface area contributed by atoms with E-state index >= 15 is 0 Å². The van der Waals surface area contributed by atoms with E-state index in [-0.39, 0.29) is 6.10 Å². The van der Waals surface area contributed by atoms with Gasteiger partial charge in [0.1, 0.15) is 6.10 Å². The molecule has 0 saturated heterocycles. The maximum absolute atomic E-state index is 10.9. The van der Waals surface area contributed by atoms with Gasteiger partial charge in [-0.25, -0.2) is 4.79 Å². The Balaban J connectivity index is 2.28. The van der Waals surface area contributed by atoms with E-state index in [9.17, 15) is 14.7 Å². The molecule has 0 aromatic heterocycles. The Hall–Kier alpha value is -1.32. The molecule has 0 bridgehead atoms. The minimum Gasteiger partial charge on any atom is -0.545 e. The zero-order valence-electron chi connectivity index (χ0n) is 7.19. The van der Waals surface area contributed by atoms with Gasteiger partial charge in [-0.15, -0.1) is 0 Å². The Morgan fingerprint density at radius 3 is 2.38 bits per heavy atom. The van der Waals surface area contributed by atoms with Gasteiger partial charge in [-0.05, 0) is 31.8 Å². The van der Waals surface area contributed by atoms with Crippen LogP contribution in [0.2, 0.25) is 0 Å². The van der Waals surface area contributed by atoms with Crippen molar-refractivity contribution in [1.82, 2.24) is 0 Å². The third kappa shape index (κ3) is 3.73. The van der Waals surface area contributed by atoms with Crippen LogP contribution in [0, 0.1) is 0 Å². The van der Waals surface area contributed by atoms with Crippen molar-refractivity contribution >= 4 is 11.9 Å². The number of hydrogen-bond donors (Lipinski definition) is 0. The summed E-state index contributed by atoms with van der Waals surface area (Å²) < 4.78 is 4.94. The Labute approximate surface area is 76.2 Å². The lowest BCUT2D eigenvalue weighted by molar-refractivity contribution is -0.297. The van der Waals surface area contributed by atoms with Crippen LogP contribution in [0.1, 0.15) is 25.7 Å². The predicted octanol–water partition coefficient (Wildman–Crippen LogP) is -0.222. The second-order valence-electron chi connectivity index (χ2n) is 3.00. The summed E-state index contributed by atoms with van der Waals surface area (Å²) in [5, 5.41) is 9.94. The van der Waals surface area contributed by atoms with Gasteiger partial charge in [-0.3, -0.25) is 0 Å². The molecule has 0 heterocycles. The molecule has 1 saturated carbocycles. The van der Waals surface area contributed by atoms with E-state index in [0.29, 0.717) is 6.08 Å². The van der Waals surface area contributed by atoms with Crippen LogP contribution in [0.4, 0.5) is 0 Å². The summed E-state index contributed by atoms with van der Waals surface area (Å²) in [5.74, 6) is -1.99. The van der Waals surface area contributed by atoms with E-state index in [1.165, 1.54) is 0 Å². The average Bonchev–Trinajstić information content (AvgIpc) is 2.53. The number of ether oxygens (including phenoxy) is 1. The fourth-order valence-corrected chi connectivity index (χ4v) is 1.35. The molecular formula is C9H11O4-. The number of hydrogen-bond acceptors (Lipinski definition) is 4. The molecule has 1 fully saturated rings. The molecule has 4 heteroatoms. The first kappa shape index (κ1) is 9.77. The van der Waals surface area contributed by atoms with Crippen molar-refractivity contribution in [2.24, 2.45) is 0 Å². The van der Waals surface area contributed by atoms with Crippen LogP contribution in [0.5, 0.6) is 0 Å². The first-order valence-corrected chi connectivity index (χ1v) is 4.28. The number of carbonyl (C=O) groups is 2. The third-order valence-corrected chi connectivity index (χ3v) is 1.94. The highest BCUT2D eigenvalue weighted by Crippen LogP contribution is 2.20. The van der Waals surface area contributed by atoms with Gasteiger partial charge in [0, 0.05) is 6.08 Å². The Morgan fingerprint density at radius 1 is 1.23 bits per heavy atom. The number of aliphatic carboxylic acids is 1. The number of carboxylic acid groups (broad SMARTS) is 1. The molecule has 0 unspecified atom stereocenters. The van der Waals surface area contributed by atoms with E-state index in [1.807, 2.05) is 0 Å². The summed E-state index contributed by atoms with van der Waals surface area (Å²) in [6.45, 7) is 0. The van der Waals surface area contributed by atoms with Crippen LogP contribution >= 0.6 is 0 Å². The minimum atomic E-state index is -1.39. The second-order valence-corrected chi connectivity index (χ2v) is 3.00. The standard InChI is InChI=1S/C9H12O4/c10-8(11)5-6-9(12)13-7-3-1-2-4-7/h5-7H,1-4H2,(H,10,11)/p-1/b6-5+. The topological polar surface area (TPSA) is 66.4 Å². The summed E-state index contributed by atoms with van der Waals surface area (Å²) in [5.41, 5.74) is 0. The van der Waals surface area contributed by atoms with Gasteiger partial charge < -0.3 is 14.6 Å². The number of esters is 1. The summed E-state index contributed by atoms with van der Waals surface area (Å²) >= 11 is 0. The van der Waals surface area contributed by atoms with E-state index in [1.54, 1.807) is 0 Å². The summed E-state index contributed by atoms with van der Waals surface area (Å²) in [6.07, 6.45) is 5.43. The van der Waals surface area contributed by atoms with Crippen molar-refractivity contribution in [3.63, 3.8) is 0 Å². The fraction of sp³-hybridized carbons (Fsp3) is 0.556. The highest BCUT2D eigenvalue weighted by Gasteiger charge is 2.17. The highest BCUT2D eigenvalue weighted by atomic mass is 16.5. The van der Waals surface area contributed by atoms with Crippen LogP contribution in [-0.4, -0.2) is 18.0 Å². The third-order valence-electron chi connectivity index (χ3n) is 1.94. The SMILES string of the molecule is O=C([O-])/C=C/C(=O)OC1CCCC1. The zero-order valence-corrected chi connectivity index (χ0v) is 7.19. The molecule has 0 radical (unpaired) electrons. The maximum Gasteiger partial charge on any atom is 0.331 e. The lowest BCUT2D eigenvalue weighted by Gasteiger charge is -2.08. The van der Waals surface area contributed by atoms with E-state index in [4.69, 9.17) is 4.74 Å². The molecule has 0 aliphatic heterocycles. The van der Waals surface area contributed by atoms with Crippen molar-refractivity contribution < 1.29 is 19.4 Å². The van der Waals surface area contributed by atoms with Crippen molar-refractivity contribution in [1.29, 1.82) is 0 Å². The molecule has 0 atom stereocenters. The molecule has 0 amide bonds. The average molecular weight is 183 g/mol. The van der Waals surface area contributed by atoms with Crippen molar-refractivity contribution in [3.8, 4) is 0 Å². The quantitative estimate of drug-likeness (QED) is 0.448. The molecule has 13 heavy (non-hydrogen) atoms. The first-order valence-electron chi connectivity index (χ1n) is 4.28. The fourth-order valence-electron chi connectivity index (χ4n) is 1.35. The van der Waals surface area contributed by atoms with Gasteiger partial charge in [0.05, 0.1) is 5.97 Å². The highest BCUT2D eigenvalue weighted by molar-refractivity contribution is 5.89. The number of carbonyl (C=O) groups excluding carboxylic acids is 2. The molecule has 72 valence electrons. The first-order chi connectivity index (χ1) is 6.18. The molecule has 1 rings (SSSR count). The molecule has 1 aliphatic carbocycles. The molecule has 1 aliphatic rings. The Kier molecular flexibility index (Phi) is 3.49. The van der Waals surface area contributed by atoms with Gasteiger partial charge in [0.15, 0.2) is 0 Å². The number of rotatable bonds is 3. The lowest BCUT2D eigenvalue weighted by atomic mass is 10.3. The number of carboxylic acids is 1. The van der Waals surface area contributed by atoms with E-state index in [0.717, 1.165) is 31.8 Å². The molecule has 4 nitrogen and oxygen atoms in total. The summed E-state index contributed by atoms with van der Waals surface area (Å²) in [6, 6.07) is 0. The Bertz CT molecular complexity index is 226. The van der Waals surface area contributed by atoms with Crippen LogP contribution < -0.4 is 5.11 Å². The van der Waals surface area contributed by atoms with Gasteiger partial charge in [0.25, 0.3) is 0 Å². The van der Waals surface area contributed by atoms with Crippen LogP contribution in [0.15, 0.2) is 12.2 Å². The molecule has 0 N–H and O–H groups in total. The second kappa shape index (κ2) is 4.64. The van der Waals surface area contributed by atoms with Crippen molar-refractivity contribution in [2.75, 3.05) is 0 Å². The van der Waals surface area contributed by atoms with Crippen molar-refractivity contribution in [2.45, 2.75) is 31.8 Å². The van der Waals surface area contributed by atoms with Crippen LogP contribution in [-0.2, 0) is 14.3 Å². The molecular weight excluding hydrogens is 172 g/mol. The zero-order chi connectivity index (χ0) is 9.68. The summed E-state index contributed by atoms with van der Waals surface area (Å²) in [4.78, 5) is 20.8. The smallest absolute Gasteiger partial charge is 0.331 e. The predicted molar refractivity (Wildman–Crippen MR) is 42.5 cm³/mol. The molecule has 0 spiro atoms. The van der Waals surface area contributed by atoms with Crippen LogP contribution in [0.3, 0.4) is 0 Å². The van der Waals surface area contributed by atoms with Crippen molar-refractivity contribution in [3.05, 3.63) is 12.2 Å². The van der Waals surface area contributed by atoms with Gasteiger partial charge in [-0.2, -0.15) is 0 Å². The molecule has 0 aromatic carbocycles. The van der Waals surface area contributed by atoms with Crippen LogP contribution in [0.25, 0.3) is 0 Å². The van der Waals surface area contributed by atoms with Gasteiger partial charge >= 0.3 is 5.97 Å². The van der Waals surface area contributed by atoms with Gasteiger partial charge in [0.2, 0.25) is 0 Å². The molecule has 0 aromatic rings. The van der Waals surface area contributed by atoms with E-state index < -0.39 is 11.9 Å². The monoisotopic (exact) mass is 183 g/mol. The minimum absolute atomic E-state index is 0.0288. The van der Waals surface area contributed by atoms with E-state index in [2.05, 4.69) is 0 Å². The van der Waals surface area contributed by atoms with Gasteiger partial charge in [-0.1, -0.05) is 0 Å². The normalized spacial score (nSPS) is 17.8. The summed E-state index contributed by atoms with van der Waals surface area (Å²) in [7, 11) is 0. The lowest BCUT2D eigenvalue weighted by Crippen LogP contribution is -2.20. The maximum atomic E-state index is 10.9. The Morgan fingerprint density at radius 2 is 1.85 bits per heavy atom. The largest absolute Gasteiger partial charge is 0.545 e.